The maximum atomic E-state index is 11.4. The Morgan fingerprint density at radius 1 is 1.60 bits per heavy atom. The van der Waals surface area contributed by atoms with Crippen molar-refractivity contribution in [1.82, 2.24) is 15.5 Å². The highest BCUT2D eigenvalue weighted by Gasteiger charge is 2.26. The SMILES string of the molecule is C=CC(=O)N[C@H]1CCN(C(=O)NCC)C1. The fourth-order valence-electron chi connectivity index (χ4n) is 1.59. The molecule has 2 N–H and O–H groups in total. The van der Waals surface area contributed by atoms with Crippen LogP contribution in [0, 0.1) is 0 Å². The zero-order valence-electron chi connectivity index (χ0n) is 8.95. The van der Waals surface area contributed by atoms with Gasteiger partial charge in [0.05, 0.1) is 0 Å². The van der Waals surface area contributed by atoms with E-state index in [1.807, 2.05) is 6.92 Å². The van der Waals surface area contributed by atoms with Crippen molar-refractivity contribution in [2.75, 3.05) is 19.6 Å². The normalized spacial score (nSPS) is 19.8. The topological polar surface area (TPSA) is 61.4 Å². The zero-order chi connectivity index (χ0) is 11.3. The van der Waals surface area contributed by atoms with Gasteiger partial charge in [0, 0.05) is 25.7 Å². The lowest BCUT2D eigenvalue weighted by Crippen LogP contribution is -2.41. The van der Waals surface area contributed by atoms with Gasteiger partial charge in [-0.25, -0.2) is 4.79 Å². The van der Waals surface area contributed by atoms with Crippen LogP contribution in [0.3, 0.4) is 0 Å². The first-order chi connectivity index (χ1) is 7.17. The van der Waals surface area contributed by atoms with E-state index in [2.05, 4.69) is 17.2 Å². The first kappa shape index (κ1) is 11.6. The van der Waals surface area contributed by atoms with Crippen molar-refractivity contribution in [3.05, 3.63) is 12.7 Å². The van der Waals surface area contributed by atoms with Crippen molar-refractivity contribution in [3.63, 3.8) is 0 Å². The molecule has 5 heteroatoms. The Balaban J connectivity index is 2.35. The number of carbonyl (C=O) groups is 2. The highest BCUT2D eigenvalue weighted by Crippen LogP contribution is 2.08. The van der Waals surface area contributed by atoms with Gasteiger partial charge < -0.3 is 15.5 Å². The average Bonchev–Trinajstić information content (AvgIpc) is 2.66. The minimum Gasteiger partial charge on any atom is -0.348 e. The summed E-state index contributed by atoms with van der Waals surface area (Å²) in [4.78, 5) is 24.2. The third kappa shape index (κ3) is 3.27. The van der Waals surface area contributed by atoms with Gasteiger partial charge in [0.1, 0.15) is 0 Å². The Morgan fingerprint density at radius 2 is 2.33 bits per heavy atom. The van der Waals surface area contributed by atoms with Crippen molar-refractivity contribution in [2.24, 2.45) is 0 Å². The van der Waals surface area contributed by atoms with Crippen LogP contribution in [0.5, 0.6) is 0 Å². The van der Waals surface area contributed by atoms with Crippen molar-refractivity contribution in [2.45, 2.75) is 19.4 Å². The fraction of sp³-hybridized carbons (Fsp3) is 0.600. The lowest BCUT2D eigenvalue weighted by molar-refractivity contribution is -0.117. The van der Waals surface area contributed by atoms with Crippen molar-refractivity contribution in [1.29, 1.82) is 0 Å². The molecule has 1 heterocycles. The van der Waals surface area contributed by atoms with Gasteiger partial charge in [-0.05, 0) is 19.4 Å². The third-order valence-corrected chi connectivity index (χ3v) is 2.34. The van der Waals surface area contributed by atoms with Crippen molar-refractivity contribution >= 4 is 11.9 Å². The molecule has 0 aromatic heterocycles. The summed E-state index contributed by atoms with van der Waals surface area (Å²) in [5, 5.41) is 5.51. The Morgan fingerprint density at radius 3 is 2.93 bits per heavy atom. The molecule has 1 saturated heterocycles. The second-order valence-corrected chi connectivity index (χ2v) is 3.48. The van der Waals surface area contributed by atoms with Gasteiger partial charge in [-0.3, -0.25) is 4.79 Å². The second-order valence-electron chi connectivity index (χ2n) is 3.48. The smallest absolute Gasteiger partial charge is 0.317 e. The van der Waals surface area contributed by atoms with Gasteiger partial charge >= 0.3 is 6.03 Å². The van der Waals surface area contributed by atoms with Crippen molar-refractivity contribution in [3.8, 4) is 0 Å². The third-order valence-electron chi connectivity index (χ3n) is 2.34. The number of nitrogens with zero attached hydrogens (tertiary/aromatic N) is 1. The van der Waals surface area contributed by atoms with Crippen LogP contribution in [-0.4, -0.2) is 42.5 Å². The van der Waals surface area contributed by atoms with E-state index in [-0.39, 0.29) is 18.0 Å². The quantitative estimate of drug-likeness (QED) is 0.650. The number of likely N-dealkylation sites (tertiary alicyclic amines) is 1. The molecule has 84 valence electrons. The summed E-state index contributed by atoms with van der Waals surface area (Å²) in [6, 6.07) is -0.00837. The van der Waals surface area contributed by atoms with Gasteiger partial charge in [-0.1, -0.05) is 6.58 Å². The van der Waals surface area contributed by atoms with Crippen LogP contribution in [-0.2, 0) is 4.79 Å². The van der Waals surface area contributed by atoms with E-state index in [1.54, 1.807) is 4.90 Å². The van der Waals surface area contributed by atoms with Crippen LogP contribution in [0.1, 0.15) is 13.3 Å². The maximum Gasteiger partial charge on any atom is 0.317 e. The molecule has 0 spiro atoms. The van der Waals surface area contributed by atoms with E-state index in [0.717, 1.165) is 6.42 Å². The fourth-order valence-corrected chi connectivity index (χ4v) is 1.59. The van der Waals surface area contributed by atoms with Crippen LogP contribution in [0.4, 0.5) is 4.79 Å². The molecule has 0 aromatic carbocycles. The molecule has 1 atom stereocenters. The molecular weight excluding hydrogens is 194 g/mol. The van der Waals surface area contributed by atoms with Crippen molar-refractivity contribution < 1.29 is 9.59 Å². The largest absolute Gasteiger partial charge is 0.348 e. The second kappa shape index (κ2) is 5.38. The summed E-state index contributed by atoms with van der Waals surface area (Å²) in [6.45, 7) is 7.15. The highest BCUT2D eigenvalue weighted by molar-refractivity contribution is 5.87. The summed E-state index contributed by atoms with van der Waals surface area (Å²) in [5.41, 5.74) is 0. The number of amides is 3. The van der Waals surface area contributed by atoms with Gasteiger partial charge in [0.2, 0.25) is 5.91 Å². The molecule has 5 nitrogen and oxygen atoms in total. The van der Waals surface area contributed by atoms with E-state index in [1.165, 1.54) is 6.08 Å². The van der Waals surface area contributed by atoms with E-state index < -0.39 is 0 Å². The molecule has 0 aliphatic carbocycles. The van der Waals surface area contributed by atoms with Crippen LogP contribution < -0.4 is 10.6 Å². The minimum absolute atomic E-state index is 0.0538. The molecule has 0 bridgehead atoms. The molecule has 0 saturated carbocycles. The summed E-state index contributed by atoms with van der Waals surface area (Å²) in [7, 11) is 0. The minimum atomic E-state index is -0.183. The number of nitrogens with one attached hydrogen (secondary N) is 2. The predicted octanol–water partition coefficient (Wildman–Crippen LogP) is 0.0924. The molecule has 15 heavy (non-hydrogen) atoms. The first-order valence-corrected chi connectivity index (χ1v) is 5.13. The Kier molecular flexibility index (Phi) is 4.15. The Hall–Kier alpha value is -1.52. The van der Waals surface area contributed by atoms with E-state index >= 15 is 0 Å². The van der Waals surface area contributed by atoms with Gasteiger partial charge in [-0.15, -0.1) is 0 Å². The van der Waals surface area contributed by atoms with Crippen LogP contribution in [0.25, 0.3) is 0 Å². The molecule has 1 rings (SSSR count). The molecule has 0 radical (unpaired) electrons. The summed E-state index contributed by atoms with van der Waals surface area (Å²) in [6.07, 6.45) is 2.05. The number of hydrogen-bond acceptors (Lipinski definition) is 2. The number of rotatable bonds is 3. The van der Waals surface area contributed by atoms with Gasteiger partial charge in [-0.2, -0.15) is 0 Å². The van der Waals surface area contributed by atoms with Gasteiger partial charge in [0.15, 0.2) is 0 Å². The standard InChI is InChI=1S/C10H17N3O2/c1-3-9(14)12-8-5-6-13(7-8)10(15)11-4-2/h3,8H,1,4-7H2,2H3,(H,11,15)(H,12,14)/t8-/m0/s1. The summed E-state index contributed by atoms with van der Waals surface area (Å²) < 4.78 is 0. The molecule has 1 fully saturated rings. The molecular formula is C10H17N3O2. The number of carbonyl (C=O) groups excluding carboxylic acids is 2. The summed E-state index contributed by atoms with van der Waals surface area (Å²) >= 11 is 0. The van der Waals surface area contributed by atoms with Crippen LogP contribution in [0.15, 0.2) is 12.7 Å². The molecule has 0 aromatic rings. The highest BCUT2D eigenvalue weighted by atomic mass is 16.2. The van der Waals surface area contributed by atoms with E-state index in [0.29, 0.717) is 19.6 Å². The average molecular weight is 211 g/mol. The maximum absolute atomic E-state index is 11.4. The lowest BCUT2D eigenvalue weighted by atomic mass is 10.2. The van der Waals surface area contributed by atoms with Crippen LogP contribution >= 0.6 is 0 Å². The Bertz CT molecular complexity index is 265. The predicted molar refractivity (Wildman–Crippen MR) is 57.4 cm³/mol. The number of hydrogen-bond donors (Lipinski definition) is 2. The van der Waals surface area contributed by atoms with Crippen LogP contribution in [0.2, 0.25) is 0 Å². The van der Waals surface area contributed by atoms with E-state index in [4.69, 9.17) is 0 Å². The molecule has 0 unspecified atom stereocenters. The molecule has 3 amide bonds. The van der Waals surface area contributed by atoms with E-state index in [9.17, 15) is 9.59 Å². The first-order valence-electron chi connectivity index (χ1n) is 5.13. The van der Waals surface area contributed by atoms with Gasteiger partial charge in [0.25, 0.3) is 0 Å². The lowest BCUT2D eigenvalue weighted by Gasteiger charge is -2.16. The zero-order valence-corrected chi connectivity index (χ0v) is 8.95. The Labute approximate surface area is 89.5 Å². The monoisotopic (exact) mass is 211 g/mol. The summed E-state index contributed by atoms with van der Waals surface area (Å²) in [5.74, 6) is -0.183. The molecule has 1 aliphatic rings. The number of urea groups is 1. The molecule has 1 aliphatic heterocycles.